The lowest BCUT2D eigenvalue weighted by atomic mass is 10.2. The molecule has 1 aromatic rings. The average Bonchev–Trinajstić information content (AvgIpc) is 2.98. The number of ether oxygens (including phenoxy) is 1. The summed E-state index contributed by atoms with van der Waals surface area (Å²) in [7, 11) is 1.46. The van der Waals surface area contributed by atoms with Crippen LogP contribution in [0.5, 0.6) is 11.5 Å². The van der Waals surface area contributed by atoms with E-state index in [1.54, 1.807) is 12.1 Å². The summed E-state index contributed by atoms with van der Waals surface area (Å²) < 4.78 is 4.90. The molecule has 1 aliphatic rings. The molecule has 0 bridgehead atoms. The lowest BCUT2D eigenvalue weighted by Crippen LogP contribution is -2.37. The first-order chi connectivity index (χ1) is 7.55. The molecule has 0 atom stereocenters. The summed E-state index contributed by atoms with van der Waals surface area (Å²) in [5.74, 6) is 0.145. The normalized spacial score (nSPS) is 16.6. The topological polar surface area (TPSA) is 84.6 Å². The minimum Gasteiger partial charge on any atom is -0.504 e. The van der Waals surface area contributed by atoms with Gasteiger partial charge >= 0.3 is 0 Å². The van der Waals surface area contributed by atoms with Gasteiger partial charge in [-0.3, -0.25) is 4.79 Å². The molecule has 0 heterocycles. The molecule has 1 aromatic carbocycles. The van der Waals surface area contributed by atoms with Crippen LogP contribution in [0.4, 0.5) is 5.69 Å². The number of methoxy groups -OCH3 is 1. The molecule has 1 fully saturated rings. The molecule has 0 aromatic heterocycles. The van der Waals surface area contributed by atoms with Crippen LogP contribution in [-0.4, -0.2) is 23.7 Å². The molecule has 1 saturated carbocycles. The van der Waals surface area contributed by atoms with Crippen molar-refractivity contribution in [3.63, 3.8) is 0 Å². The van der Waals surface area contributed by atoms with E-state index in [0.29, 0.717) is 24.3 Å². The SMILES string of the molecule is COc1ccc(NC(=O)C2(N)CC2)cc1O. The van der Waals surface area contributed by atoms with Gasteiger partial charge in [-0.15, -0.1) is 0 Å². The Balaban J connectivity index is 2.10. The number of nitrogens with one attached hydrogen (secondary N) is 1. The van der Waals surface area contributed by atoms with Crippen molar-refractivity contribution in [2.75, 3.05) is 12.4 Å². The van der Waals surface area contributed by atoms with Crippen LogP contribution in [0.1, 0.15) is 12.8 Å². The fourth-order valence-corrected chi connectivity index (χ4v) is 1.39. The van der Waals surface area contributed by atoms with Gasteiger partial charge in [0.2, 0.25) is 5.91 Å². The standard InChI is InChI=1S/C11H14N2O3/c1-16-9-3-2-7(6-8(9)14)13-10(15)11(12)4-5-11/h2-3,6,14H,4-5,12H2,1H3,(H,13,15). The third-order valence-corrected chi connectivity index (χ3v) is 2.68. The summed E-state index contributed by atoms with van der Waals surface area (Å²) in [5, 5.41) is 12.2. The lowest BCUT2D eigenvalue weighted by molar-refractivity contribution is -0.118. The van der Waals surface area contributed by atoms with E-state index < -0.39 is 5.54 Å². The molecule has 0 saturated heterocycles. The first-order valence-corrected chi connectivity index (χ1v) is 5.02. The highest BCUT2D eigenvalue weighted by atomic mass is 16.5. The molecule has 1 aliphatic carbocycles. The van der Waals surface area contributed by atoms with Gasteiger partial charge in [-0.2, -0.15) is 0 Å². The highest BCUT2D eigenvalue weighted by Crippen LogP contribution is 2.34. The summed E-state index contributed by atoms with van der Waals surface area (Å²) in [6.07, 6.45) is 1.42. The number of benzene rings is 1. The Morgan fingerprint density at radius 3 is 2.75 bits per heavy atom. The maximum atomic E-state index is 11.6. The molecule has 5 heteroatoms. The number of anilines is 1. The van der Waals surface area contributed by atoms with Crippen LogP contribution in [0.15, 0.2) is 18.2 Å². The molecule has 2 rings (SSSR count). The van der Waals surface area contributed by atoms with Crippen molar-refractivity contribution < 1.29 is 14.6 Å². The van der Waals surface area contributed by atoms with E-state index in [0.717, 1.165) is 0 Å². The highest BCUT2D eigenvalue weighted by molar-refractivity contribution is 6.00. The van der Waals surface area contributed by atoms with Crippen LogP contribution < -0.4 is 15.8 Å². The first kappa shape index (κ1) is 10.8. The van der Waals surface area contributed by atoms with Crippen molar-refractivity contribution in [2.24, 2.45) is 5.73 Å². The monoisotopic (exact) mass is 222 g/mol. The number of hydrogen-bond donors (Lipinski definition) is 3. The Hall–Kier alpha value is -1.75. The molecule has 0 unspecified atom stereocenters. The van der Waals surface area contributed by atoms with E-state index in [9.17, 15) is 9.90 Å². The van der Waals surface area contributed by atoms with Gasteiger partial charge in [0.25, 0.3) is 0 Å². The van der Waals surface area contributed by atoms with Crippen molar-refractivity contribution >= 4 is 11.6 Å². The minimum atomic E-state index is -0.713. The molecular weight excluding hydrogens is 208 g/mol. The van der Waals surface area contributed by atoms with E-state index in [2.05, 4.69) is 5.32 Å². The number of hydrogen-bond acceptors (Lipinski definition) is 4. The van der Waals surface area contributed by atoms with E-state index in [4.69, 9.17) is 10.5 Å². The molecule has 4 N–H and O–H groups in total. The fourth-order valence-electron chi connectivity index (χ4n) is 1.39. The number of nitrogens with two attached hydrogens (primary N) is 1. The summed E-state index contributed by atoms with van der Waals surface area (Å²) in [4.78, 5) is 11.6. The molecule has 5 nitrogen and oxygen atoms in total. The number of carbonyl (C=O) groups is 1. The predicted molar refractivity (Wildman–Crippen MR) is 59.4 cm³/mol. The Labute approximate surface area is 93.2 Å². The van der Waals surface area contributed by atoms with Gasteiger partial charge in [-0.1, -0.05) is 0 Å². The van der Waals surface area contributed by atoms with Gasteiger partial charge in [0.15, 0.2) is 11.5 Å². The number of rotatable bonds is 3. The van der Waals surface area contributed by atoms with Crippen LogP contribution in [0.2, 0.25) is 0 Å². The van der Waals surface area contributed by atoms with Gasteiger partial charge in [-0.05, 0) is 25.0 Å². The van der Waals surface area contributed by atoms with E-state index in [1.165, 1.54) is 13.2 Å². The molecule has 0 radical (unpaired) electrons. The predicted octanol–water partition coefficient (Wildman–Crippen LogP) is 0.831. The maximum absolute atomic E-state index is 11.6. The largest absolute Gasteiger partial charge is 0.504 e. The zero-order valence-electron chi connectivity index (χ0n) is 8.99. The molecule has 86 valence electrons. The highest BCUT2D eigenvalue weighted by Gasteiger charge is 2.45. The smallest absolute Gasteiger partial charge is 0.244 e. The number of amides is 1. The fraction of sp³-hybridized carbons (Fsp3) is 0.364. The van der Waals surface area contributed by atoms with E-state index in [1.807, 2.05) is 0 Å². The Kier molecular flexibility index (Phi) is 2.47. The van der Waals surface area contributed by atoms with Crippen molar-refractivity contribution in [2.45, 2.75) is 18.4 Å². The first-order valence-electron chi connectivity index (χ1n) is 5.02. The zero-order chi connectivity index (χ0) is 11.8. The van der Waals surface area contributed by atoms with Gasteiger partial charge in [0.1, 0.15) is 0 Å². The molecule has 0 spiro atoms. The third-order valence-electron chi connectivity index (χ3n) is 2.68. The maximum Gasteiger partial charge on any atom is 0.244 e. The second-order valence-corrected chi connectivity index (χ2v) is 4.00. The van der Waals surface area contributed by atoms with E-state index in [-0.39, 0.29) is 11.7 Å². The van der Waals surface area contributed by atoms with E-state index >= 15 is 0 Å². The summed E-state index contributed by atoms with van der Waals surface area (Å²) >= 11 is 0. The van der Waals surface area contributed by atoms with Crippen LogP contribution in [-0.2, 0) is 4.79 Å². The third kappa shape index (κ3) is 1.94. The minimum absolute atomic E-state index is 0.0119. The van der Waals surface area contributed by atoms with Gasteiger partial charge < -0.3 is 20.9 Å². The molecule has 0 aliphatic heterocycles. The van der Waals surface area contributed by atoms with Crippen molar-refractivity contribution in [1.29, 1.82) is 0 Å². The van der Waals surface area contributed by atoms with Crippen LogP contribution in [0.3, 0.4) is 0 Å². The van der Waals surface area contributed by atoms with Crippen molar-refractivity contribution in [3.05, 3.63) is 18.2 Å². The summed E-state index contributed by atoms with van der Waals surface area (Å²) in [6, 6.07) is 4.67. The van der Waals surface area contributed by atoms with Gasteiger partial charge in [0.05, 0.1) is 12.6 Å². The number of aromatic hydroxyl groups is 1. The van der Waals surface area contributed by atoms with Crippen LogP contribution in [0, 0.1) is 0 Å². The quantitative estimate of drug-likeness (QED) is 0.707. The van der Waals surface area contributed by atoms with Crippen LogP contribution in [0.25, 0.3) is 0 Å². The number of carbonyl (C=O) groups excluding carboxylic acids is 1. The molecule has 1 amide bonds. The summed E-state index contributed by atoms with van der Waals surface area (Å²) in [6.45, 7) is 0. The molecule has 16 heavy (non-hydrogen) atoms. The lowest BCUT2D eigenvalue weighted by Gasteiger charge is -2.11. The molecular formula is C11H14N2O3. The number of phenols is 1. The van der Waals surface area contributed by atoms with Crippen molar-refractivity contribution in [3.8, 4) is 11.5 Å². The Bertz CT molecular complexity index is 427. The zero-order valence-corrected chi connectivity index (χ0v) is 8.99. The second kappa shape index (κ2) is 3.68. The summed E-state index contributed by atoms with van der Waals surface area (Å²) in [5.41, 5.74) is 5.53. The van der Waals surface area contributed by atoms with Gasteiger partial charge in [-0.25, -0.2) is 0 Å². The average molecular weight is 222 g/mol. The van der Waals surface area contributed by atoms with Gasteiger partial charge in [0, 0.05) is 11.8 Å². The Morgan fingerprint density at radius 2 is 2.25 bits per heavy atom. The van der Waals surface area contributed by atoms with Crippen molar-refractivity contribution in [1.82, 2.24) is 0 Å². The number of phenolic OH excluding ortho intramolecular Hbond substituents is 1. The second-order valence-electron chi connectivity index (χ2n) is 4.00. The Morgan fingerprint density at radius 1 is 1.56 bits per heavy atom. The van der Waals surface area contributed by atoms with Crippen LogP contribution >= 0.6 is 0 Å².